The Kier molecular flexibility index (Phi) is 4.49. The Balaban J connectivity index is 2.32. The van der Waals surface area contributed by atoms with Crippen LogP contribution in [0.1, 0.15) is 6.92 Å². The summed E-state index contributed by atoms with van der Waals surface area (Å²) in [5, 5.41) is 0.215. The molecular formula is C11H11ClFN5O2. The number of anilines is 1. The van der Waals surface area contributed by atoms with E-state index in [0.717, 1.165) is 6.07 Å². The van der Waals surface area contributed by atoms with Gasteiger partial charge in [-0.05, 0) is 19.1 Å². The Labute approximate surface area is 118 Å². The lowest BCUT2D eigenvalue weighted by Gasteiger charge is -2.08. The topological polar surface area (TPSA) is 95.2 Å². The van der Waals surface area contributed by atoms with Crippen LogP contribution in [0.5, 0.6) is 17.8 Å². The lowest BCUT2D eigenvalue weighted by atomic mass is 10.3. The van der Waals surface area contributed by atoms with Crippen LogP contribution in [0.25, 0.3) is 0 Å². The smallest absolute Gasteiger partial charge is 0.330 e. The van der Waals surface area contributed by atoms with Gasteiger partial charge in [-0.3, -0.25) is 5.43 Å². The van der Waals surface area contributed by atoms with Gasteiger partial charge in [-0.25, -0.2) is 10.2 Å². The summed E-state index contributed by atoms with van der Waals surface area (Å²) in [6.07, 6.45) is 0. The predicted molar refractivity (Wildman–Crippen MR) is 70.3 cm³/mol. The number of benzene rings is 1. The molecular weight excluding hydrogens is 289 g/mol. The molecule has 0 atom stereocenters. The molecule has 0 aliphatic rings. The van der Waals surface area contributed by atoms with Crippen molar-refractivity contribution in [2.24, 2.45) is 5.84 Å². The van der Waals surface area contributed by atoms with E-state index in [4.69, 9.17) is 26.9 Å². The number of halogens is 2. The number of nitrogens with two attached hydrogens (primary N) is 1. The minimum Gasteiger partial charge on any atom is -0.464 e. The molecule has 0 spiro atoms. The maximum atomic E-state index is 13.1. The first-order valence-electron chi connectivity index (χ1n) is 5.60. The van der Waals surface area contributed by atoms with Crippen LogP contribution >= 0.6 is 11.6 Å². The Morgan fingerprint density at radius 2 is 2.05 bits per heavy atom. The molecule has 3 N–H and O–H groups in total. The lowest BCUT2D eigenvalue weighted by molar-refractivity contribution is 0.303. The Morgan fingerprint density at radius 3 is 2.75 bits per heavy atom. The minimum absolute atomic E-state index is 0.0259. The van der Waals surface area contributed by atoms with Gasteiger partial charge in [0.2, 0.25) is 5.95 Å². The van der Waals surface area contributed by atoms with Crippen molar-refractivity contribution in [3.05, 3.63) is 29.0 Å². The number of rotatable bonds is 5. The average molecular weight is 300 g/mol. The van der Waals surface area contributed by atoms with E-state index in [1.54, 1.807) is 6.92 Å². The van der Waals surface area contributed by atoms with Crippen molar-refractivity contribution >= 4 is 17.5 Å². The van der Waals surface area contributed by atoms with Gasteiger partial charge in [0.05, 0.1) is 11.6 Å². The highest BCUT2D eigenvalue weighted by atomic mass is 35.5. The number of ether oxygens (including phenoxy) is 2. The van der Waals surface area contributed by atoms with E-state index in [1.165, 1.54) is 12.1 Å². The number of nitrogens with one attached hydrogen (secondary N) is 1. The van der Waals surface area contributed by atoms with Gasteiger partial charge >= 0.3 is 12.0 Å². The van der Waals surface area contributed by atoms with E-state index in [2.05, 4.69) is 20.4 Å². The van der Waals surface area contributed by atoms with Crippen molar-refractivity contribution in [1.82, 2.24) is 15.0 Å². The van der Waals surface area contributed by atoms with Gasteiger partial charge in [0.15, 0.2) is 5.75 Å². The standard InChI is InChI=1S/C11H11ClFN5O2/c1-2-19-10-15-9(18-14)16-11(17-10)20-8-5-6(13)3-4-7(8)12/h3-5H,2,14H2,1H3,(H,15,16,17,18). The highest BCUT2D eigenvalue weighted by molar-refractivity contribution is 6.32. The van der Waals surface area contributed by atoms with Crippen LogP contribution in [-0.2, 0) is 0 Å². The van der Waals surface area contributed by atoms with Gasteiger partial charge in [-0.2, -0.15) is 9.97 Å². The number of nitrogen functional groups attached to an aromatic ring is 1. The van der Waals surface area contributed by atoms with Gasteiger partial charge in [0, 0.05) is 6.07 Å². The zero-order valence-corrected chi connectivity index (χ0v) is 11.2. The van der Waals surface area contributed by atoms with Crippen LogP contribution in [0.15, 0.2) is 18.2 Å². The quantitative estimate of drug-likeness (QED) is 0.645. The molecule has 0 saturated heterocycles. The fourth-order valence-electron chi connectivity index (χ4n) is 1.30. The molecule has 0 unspecified atom stereocenters. The number of hydrogen-bond acceptors (Lipinski definition) is 7. The van der Waals surface area contributed by atoms with E-state index in [1.807, 2.05) is 0 Å². The van der Waals surface area contributed by atoms with Crippen LogP contribution in [0.2, 0.25) is 5.02 Å². The first-order chi connectivity index (χ1) is 9.62. The average Bonchev–Trinajstić information content (AvgIpc) is 2.43. The molecule has 0 fully saturated rings. The third kappa shape index (κ3) is 3.43. The summed E-state index contributed by atoms with van der Waals surface area (Å²) >= 11 is 5.89. The summed E-state index contributed by atoms with van der Waals surface area (Å²) in [6, 6.07) is 3.59. The Bertz CT molecular complexity index is 613. The third-order valence-corrected chi connectivity index (χ3v) is 2.40. The predicted octanol–water partition coefficient (Wildman–Crippen LogP) is 2.14. The summed E-state index contributed by atoms with van der Waals surface area (Å²) in [5.74, 6) is 4.85. The van der Waals surface area contributed by atoms with E-state index in [9.17, 15) is 4.39 Å². The molecule has 1 aromatic carbocycles. The summed E-state index contributed by atoms with van der Waals surface area (Å²) in [4.78, 5) is 11.6. The number of hydrazine groups is 1. The molecule has 0 amide bonds. The fraction of sp³-hybridized carbons (Fsp3) is 0.182. The molecule has 0 bridgehead atoms. The van der Waals surface area contributed by atoms with Crippen LogP contribution < -0.4 is 20.7 Å². The SMILES string of the molecule is CCOc1nc(NN)nc(Oc2cc(F)ccc2Cl)n1. The summed E-state index contributed by atoms with van der Waals surface area (Å²) in [7, 11) is 0. The van der Waals surface area contributed by atoms with Gasteiger partial charge < -0.3 is 9.47 Å². The zero-order chi connectivity index (χ0) is 14.5. The third-order valence-electron chi connectivity index (χ3n) is 2.09. The second-order valence-corrected chi connectivity index (χ2v) is 3.89. The fourth-order valence-corrected chi connectivity index (χ4v) is 1.45. The second-order valence-electron chi connectivity index (χ2n) is 3.48. The number of aromatic nitrogens is 3. The second kappa shape index (κ2) is 6.31. The van der Waals surface area contributed by atoms with Crippen LogP contribution in [0, 0.1) is 5.82 Å². The van der Waals surface area contributed by atoms with E-state index < -0.39 is 5.82 Å². The number of hydrogen-bond donors (Lipinski definition) is 2. The molecule has 2 aromatic rings. The maximum Gasteiger partial charge on any atom is 0.330 e. The van der Waals surface area contributed by atoms with Crippen LogP contribution in [0.3, 0.4) is 0 Å². The molecule has 20 heavy (non-hydrogen) atoms. The monoisotopic (exact) mass is 299 g/mol. The molecule has 1 heterocycles. The Morgan fingerprint density at radius 1 is 1.30 bits per heavy atom. The minimum atomic E-state index is -0.499. The first-order valence-corrected chi connectivity index (χ1v) is 5.98. The van der Waals surface area contributed by atoms with Crippen molar-refractivity contribution in [2.75, 3.05) is 12.0 Å². The molecule has 9 heteroatoms. The molecule has 0 aliphatic heterocycles. The van der Waals surface area contributed by atoms with Gasteiger partial charge in [-0.1, -0.05) is 11.6 Å². The van der Waals surface area contributed by atoms with E-state index >= 15 is 0 Å². The molecule has 0 aliphatic carbocycles. The van der Waals surface area contributed by atoms with Crippen LogP contribution in [-0.4, -0.2) is 21.6 Å². The van der Waals surface area contributed by atoms with Crippen molar-refractivity contribution < 1.29 is 13.9 Å². The van der Waals surface area contributed by atoms with Crippen molar-refractivity contribution in [3.63, 3.8) is 0 Å². The highest BCUT2D eigenvalue weighted by Gasteiger charge is 2.11. The lowest BCUT2D eigenvalue weighted by Crippen LogP contribution is -2.12. The van der Waals surface area contributed by atoms with Crippen molar-refractivity contribution in [2.45, 2.75) is 6.92 Å². The van der Waals surface area contributed by atoms with Gasteiger partial charge in [0.1, 0.15) is 5.82 Å². The molecule has 1 aromatic heterocycles. The van der Waals surface area contributed by atoms with Gasteiger partial charge in [-0.15, -0.1) is 4.98 Å². The van der Waals surface area contributed by atoms with E-state index in [0.29, 0.717) is 6.61 Å². The highest BCUT2D eigenvalue weighted by Crippen LogP contribution is 2.29. The number of nitrogens with zero attached hydrogens (tertiary/aromatic N) is 3. The van der Waals surface area contributed by atoms with E-state index in [-0.39, 0.29) is 28.7 Å². The largest absolute Gasteiger partial charge is 0.464 e. The van der Waals surface area contributed by atoms with Gasteiger partial charge in [0.25, 0.3) is 0 Å². The molecule has 7 nitrogen and oxygen atoms in total. The molecule has 0 saturated carbocycles. The summed E-state index contributed by atoms with van der Waals surface area (Å²) < 4.78 is 23.6. The molecule has 106 valence electrons. The molecule has 2 rings (SSSR count). The Hall–Kier alpha value is -2.19. The normalized spacial score (nSPS) is 10.2. The first kappa shape index (κ1) is 14.2. The van der Waals surface area contributed by atoms with Crippen molar-refractivity contribution in [1.29, 1.82) is 0 Å². The summed E-state index contributed by atoms with van der Waals surface area (Å²) in [5.41, 5.74) is 2.25. The van der Waals surface area contributed by atoms with Crippen LogP contribution in [0.4, 0.5) is 10.3 Å². The maximum absolute atomic E-state index is 13.1. The van der Waals surface area contributed by atoms with Crippen molar-refractivity contribution in [3.8, 4) is 17.8 Å². The molecule has 0 radical (unpaired) electrons. The summed E-state index contributed by atoms with van der Waals surface area (Å²) in [6.45, 7) is 2.12. The zero-order valence-electron chi connectivity index (χ0n) is 10.4.